The molecular formula is C20H20N6O. The van der Waals surface area contributed by atoms with Crippen molar-refractivity contribution in [3.05, 3.63) is 48.5 Å². The van der Waals surface area contributed by atoms with Crippen molar-refractivity contribution in [3.63, 3.8) is 0 Å². The van der Waals surface area contributed by atoms with Gasteiger partial charge in [0.2, 0.25) is 5.91 Å². The third-order valence-electron chi connectivity index (χ3n) is 5.36. The number of fused-ring (bicyclic) bond motifs is 2. The quantitative estimate of drug-likeness (QED) is 0.585. The minimum Gasteiger partial charge on any atom is -0.350 e. The van der Waals surface area contributed by atoms with E-state index in [1.165, 1.54) is 0 Å². The first kappa shape index (κ1) is 16.0. The van der Waals surface area contributed by atoms with Gasteiger partial charge in [0.15, 0.2) is 0 Å². The molecule has 0 atom stereocenters. The molecule has 0 bridgehead atoms. The lowest BCUT2D eigenvalue weighted by Gasteiger charge is -2.09. The number of rotatable bonds is 4. The third-order valence-corrected chi connectivity index (χ3v) is 5.36. The van der Waals surface area contributed by atoms with Crippen molar-refractivity contribution in [3.8, 4) is 11.1 Å². The van der Waals surface area contributed by atoms with Gasteiger partial charge in [0.05, 0.1) is 18.3 Å². The number of hydrogen-bond donors (Lipinski definition) is 2. The highest BCUT2D eigenvalue weighted by molar-refractivity contribution is 5.97. The average molecular weight is 360 g/mol. The van der Waals surface area contributed by atoms with Crippen LogP contribution in [0.1, 0.15) is 31.4 Å². The van der Waals surface area contributed by atoms with E-state index >= 15 is 0 Å². The summed E-state index contributed by atoms with van der Waals surface area (Å²) < 4.78 is 1.62. The first-order valence-corrected chi connectivity index (χ1v) is 9.33. The molecule has 4 aromatic rings. The summed E-state index contributed by atoms with van der Waals surface area (Å²) in [6.07, 6.45) is 9.66. The smallest absolute Gasteiger partial charge is 0.223 e. The van der Waals surface area contributed by atoms with E-state index in [-0.39, 0.29) is 11.8 Å². The molecule has 0 radical (unpaired) electrons. The van der Waals surface area contributed by atoms with Crippen molar-refractivity contribution in [1.29, 1.82) is 0 Å². The van der Waals surface area contributed by atoms with Gasteiger partial charge in [-0.1, -0.05) is 12.8 Å². The van der Waals surface area contributed by atoms with Crippen molar-refractivity contribution < 1.29 is 4.79 Å². The summed E-state index contributed by atoms with van der Waals surface area (Å²) in [5.41, 5.74) is 4.76. The molecule has 7 heteroatoms. The minimum absolute atomic E-state index is 0.160. The number of hydrogen-bond acceptors (Lipinski definition) is 4. The van der Waals surface area contributed by atoms with E-state index in [2.05, 4.69) is 31.5 Å². The molecule has 1 fully saturated rings. The number of nitrogens with zero attached hydrogens (tertiary/aromatic N) is 4. The Bertz CT molecular complexity index is 1120. The number of pyridine rings is 1. The fourth-order valence-corrected chi connectivity index (χ4v) is 3.97. The predicted molar refractivity (Wildman–Crippen MR) is 102 cm³/mol. The number of aromatic nitrogens is 5. The predicted octanol–water partition coefficient (Wildman–Crippen LogP) is 3.08. The average Bonchev–Trinajstić information content (AvgIpc) is 3.44. The van der Waals surface area contributed by atoms with Crippen LogP contribution in [0.25, 0.3) is 27.7 Å². The third kappa shape index (κ3) is 2.85. The molecule has 1 saturated carbocycles. The maximum Gasteiger partial charge on any atom is 0.223 e. The van der Waals surface area contributed by atoms with E-state index in [0.717, 1.165) is 59.1 Å². The molecule has 0 aliphatic heterocycles. The minimum atomic E-state index is 0.160. The topological polar surface area (TPSA) is 88.0 Å². The molecule has 0 aromatic carbocycles. The molecule has 1 amide bonds. The zero-order chi connectivity index (χ0) is 18.2. The number of amides is 1. The van der Waals surface area contributed by atoms with Crippen molar-refractivity contribution >= 4 is 22.5 Å². The molecule has 0 saturated heterocycles. The lowest BCUT2D eigenvalue weighted by molar-refractivity contribution is -0.124. The van der Waals surface area contributed by atoms with Gasteiger partial charge in [-0.05, 0) is 42.7 Å². The van der Waals surface area contributed by atoms with E-state index < -0.39 is 0 Å². The van der Waals surface area contributed by atoms with Gasteiger partial charge in [-0.2, -0.15) is 14.8 Å². The van der Waals surface area contributed by atoms with Crippen molar-refractivity contribution in [2.75, 3.05) is 0 Å². The Morgan fingerprint density at radius 3 is 2.96 bits per heavy atom. The molecule has 1 aliphatic carbocycles. The van der Waals surface area contributed by atoms with Crippen LogP contribution < -0.4 is 5.32 Å². The summed E-state index contributed by atoms with van der Waals surface area (Å²) in [6, 6.07) is 7.95. The van der Waals surface area contributed by atoms with Gasteiger partial charge in [-0.3, -0.25) is 4.79 Å². The zero-order valence-corrected chi connectivity index (χ0v) is 14.9. The van der Waals surface area contributed by atoms with E-state index in [1.807, 2.05) is 24.4 Å². The fraction of sp³-hybridized carbons (Fsp3) is 0.300. The molecule has 5 rings (SSSR count). The summed E-state index contributed by atoms with van der Waals surface area (Å²) in [7, 11) is 0. The normalized spacial score (nSPS) is 15.0. The van der Waals surface area contributed by atoms with Crippen LogP contribution in [0.3, 0.4) is 0 Å². The summed E-state index contributed by atoms with van der Waals surface area (Å²) in [5, 5.41) is 12.6. The highest BCUT2D eigenvalue weighted by Gasteiger charge is 2.22. The van der Waals surface area contributed by atoms with Gasteiger partial charge in [-0.25, -0.2) is 4.98 Å². The maximum absolute atomic E-state index is 12.3. The molecule has 1 aliphatic rings. The Balaban J connectivity index is 1.46. The molecule has 7 nitrogen and oxygen atoms in total. The highest BCUT2D eigenvalue weighted by atomic mass is 16.1. The first-order valence-electron chi connectivity index (χ1n) is 9.33. The highest BCUT2D eigenvalue weighted by Crippen LogP contribution is 2.31. The monoisotopic (exact) mass is 360 g/mol. The molecular weight excluding hydrogens is 340 g/mol. The summed E-state index contributed by atoms with van der Waals surface area (Å²) >= 11 is 0. The van der Waals surface area contributed by atoms with Gasteiger partial charge in [-0.15, -0.1) is 0 Å². The second-order valence-corrected chi connectivity index (χ2v) is 7.07. The van der Waals surface area contributed by atoms with E-state index in [1.54, 1.807) is 17.0 Å². The van der Waals surface area contributed by atoms with Crippen LogP contribution in [-0.4, -0.2) is 30.7 Å². The van der Waals surface area contributed by atoms with Crippen LogP contribution >= 0.6 is 0 Å². The molecule has 0 spiro atoms. The van der Waals surface area contributed by atoms with E-state index in [9.17, 15) is 4.79 Å². The van der Waals surface area contributed by atoms with Crippen LogP contribution in [0.4, 0.5) is 0 Å². The summed E-state index contributed by atoms with van der Waals surface area (Å²) in [4.78, 5) is 20.0. The van der Waals surface area contributed by atoms with Crippen molar-refractivity contribution in [1.82, 2.24) is 30.1 Å². The zero-order valence-electron chi connectivity index (χ0n) is 14.9. The Kier molecular flexibility index (Phi) is 3.85. The SMILES string of the molecule is O=C(NCc1cc2c(-c3cnn4ncccc34)ccnc2[nH]1)C1CCCC1. The fourth-order valence-electron chi connectivity index (χ4n) is 3.97. The Labute approximate surface area is 155 Å². The van der Waals surface area contributed by atoms with Crippen molar-refractivity contribution in [2.24, 2.45) is 5.92 Å². The molecule has 136 valence electrons. The van der Waals surface area contributed by atoms with Gasteiger partial charge in [0.1, 0.15) is 5.65 Å². The second kappa shape index (κ2) is 6.50. The Morgan fingerprint density at radius 1 is 1.19 bits per heavy atom. The lowest BCUT2D eigenvalue weighted by atomic mass is 10.1. The molecule has 0 unspecified atom stereocenters. The molecule has 2 N–H and O–H groups in total. The van der Waals surface area contributed by atoms with Gasteiger partial charge in [0, 0.05) is 35.0 Å². The Hall–Kier alpha value is -3.22. The van der Waals surface area contributed by atoms with Crippen LogP contribution in [0.2, 0.25) is 0 Å². The molecule has 4 aromatic heterocycles. The van der Waals surface area contributed by atoms with Gasteiger partial charge < -0.3 is 10.3 Å². The van der Waals surface area contributed by atoms with Crippen LogP contribution in [0, 0.1) is 5.92 Å². The number of H-pyrrole nitrogens is 1. The number of carbonyl (C=O) groups excluding carboxylic acids is 1. The maximum atomic E-state index is 12.3. The summed E-state index contributed by atoms with van der Waals surface area (Å²) in [5.74, 6) is 0.336. The van der Waals surface area contributed by atoms with E-state index in [0.29, 0.717) is 6.54 Å². The lowest BCUT2D eigenvalue weighted by Crippen LogP contribution is -2.28. The molecule has 27 heavy (non-hydrogen) atoms. The second-order valence-electron chi connectivity index (χ2n) is 7.07. The number of carbonyl (C=O) groups is 1. The van der Waals surface area contributed by atoms with E-state index in [4.69, 9.17) is 0 Å². The number of aromatic amines is 1. The summed E-state index contributed by atoms with van der Waals surface area (Å²) in [6.45, 7) is 0.488. The van der Waals surface area contributed by atoms with Crippen LogP contribution in [0.15, 0.2) is 42.9 Å². The molecule has 4 heterocycles. The standard InChI is InChI=1S/C20H20N6O/c27-20(13-4-1-2-5-13)22-11-14-10-16-15(7-9-21-19(16)25-14)17-12-24-26-18(17)6-3-8-23-26/h3,6-10,12-13H,1-2,4-5,11H2,(H,21,25)(H,22,27). The first-order chi connectivity index (χ1) is 13.3. The largest absolute Gasteiger partial charge is 0.350 e. The van der Waals surface area contributed by atoms with Gasteiger partial charge >= 0.3 is 0 Å². The van der Waals surface area contributed by atoms with Crippen molar-refractivity contribution in [2.45, 2.75) is 32.2 Å². The Morgan fingerprint density at radius 2 is 2.07 bits per heavy atom. The number of nitrogens with one attached hydrogen (secondary N) is 2. The van der Waals surface area contributed by atoms with Crippen LogP contribution in [-0.2, 0) is 11.3 Å². The van der Waals surface area contributed by atoms with Gasteiger partial charge in [0.25, 0.3) is 0 Å². The van der Waals surface area contributed by atoms with Crippen LogP contribution in [0.5, 0.6) is 0 Å².